The average Bonchev–Trinajstić information content (AvgIpc) is 2.40. The minimum Gasteiger partial charge on any atom is -0.374 e. The molecule has 1 fully saturated rings. The number of hydrogen-bond acceptors (Lipinski definition) is 3. The molecule has 1 aromatic rings. The van der Waals surface area contributed by atoms with E-state index in [1.54, 1.807) is 0 Å². The van der Waals surface area contributed by atoms with E-state index >= 15 is 0 Å². The molecule has 112 valence electrons. The van der Waals surface area contributed by atoms with Crippen LogP contribution in [0.25, 0.3) is 0 Å². The first kappa shape index (κ1) is 15.5. The molecule has 1 atom stereocenters. The number of likely N-dealkylation sites (N-methyl/N-ethyl adjacent to an activating group) is 1. The summed E-state index contributed by atoms with van der Waals surface area (Å²) in [6, 6.07) is 8.97. The Morgan fingerprint density at radius 3 is 2.60 bits per heavy atom. The van der Waals surface area contributed by atoms with Gasteiger partial charge in [-0.25, -0.2) is 0 Å². The quantitative estimate of drug-likeness (QED) is 0.863. The Morgan fingerprint density at radius 1 is 1.25 bits per heavy atom. The first-order valence-electron chi connectivity index (χ1n) is 7.72. The van der Waals surface area contributed by atoms with Crippen LogP contribution in [0, 0.1) is 5.92 Å². The second-order valence-corrected chi connectivity index (χ2v) is 6.30. The van der Waals surface area contributed by atoms with Gasteiger partial charge in [0.25, 0.3) is 0 Å². The summed E-state index contributed by atoms with van der Waals surface area (Å²) >= 11 is 0. The third-order valence-corrected chi connectivity index (χ3v) is 3.71. The Kier molecular flexibility index (Phi) is 6.02. The van der Waals surface area contributed by atoms with Gasteiger partial charge in [0.1, 0.15) is 0 Å². The molecule has 1 heterocycles. The van der Waals surface area contributed by atoms with Crippen molar-refractivity contribution in [3.63, 3.8) is 0 Å². The highest BCUT2D eigenvalue weighted by molar-refractivity contribution is 5.22. The lowest BCUT2D eigenvalue weighted by Crippen LogP contribution is -2.44. The number of rotatable bonds is 6. The summed E-state index contributed by atoms with van der Waals surface area (Å²) in [5.74, 6) is 0.722. The van der Waals surface area contributed by atoms with Gasteiger partial charge in [-0.05, 0) is 30.5 Å². The van der Waals surface area contributed by atoms with Gasteiger partial charge in [0, 0.05) is 26.2 Å². The predicted octanol–water partition coefficient (Wildman–Crippen LogP) is 2.31. The second kappa shape index (κ2) is 7.77. The summed E-state index contributed by atoms with van der Waals surface area (Å²) in [6.07, 6.45) is 1.49. The largest absolute Gasteiger partial charge is 0.374 e. The van der Waals surface area contributed by atoms with Crippen LogP contribution in [0.1, 0.15) is 25.0 Å². The lowest BCUT2D eigenvalue weighted by Gasteiger charge is -2.30. The van der Waals surface area contributed by atoms with Gasteiger partial charge in [-0.3, -0.25) is 0 Å². The highest BCUT2D eigenvalue weighted by Gasteiger charge is 2.16. The molecule has 1 aliphatic rings. The fraction of sp³-hybridized carbons (Fsp3) is 0.647. The van der Waals surface area contributed by atoms with Gasteiger partial charge in [-0.15, -0.1) is 0 Å². The van der Waals surface area contributed by atoms with E-state index in [1.165, 1.54) is 11.1 Å². The summed E-state index contributed by atoms with van der Waals surface area (Å²) in [5, 5.41) is 3.50. The molecule has 3 nitrogen and oxygen atoms in total. The molecule has 0 amide bonds. The Bertz CT molecular complexity index is 388. The Balaban J connectivity index is 1.71. The molecule has 1 unspecified atom stereocenters. The topological polar surface area (TPSA) is 24.5 Å². The standard InChI is InChI=1S/C17H28N2O/c1-14(2)10-15-4-6-16(7-5-15)11-18-12-17-13-19(3)8-9-20-17/h4-7,14,17-18H,8-13H2,1-3H3. The Morgan fingerprint density at radius 2 is 1.95 bits per heavy atom. The molecule has 0 spiro atoms. The Labute approximate surface area is 123 Å². The predicted molar refractivity (Wildman–Crippen MR) is 83.9 cm³/mol. The van der Waals surface area contributed by atoms with Crippen molar-refractivity contribution in [2.24, 2.45) is 5.92 Å². The lowest BCUT2D eigenvalue weighted by molar-refractivity contribution is -0.0182. The van der Waals surface area contributed by atoms with E-state index in [-0.39, 0.29) is 0 Å². The van der Waals surface area contributed by atoms with E-state index in [9.17, 15) is 0 Å². The van der Waals surface area contributed by atoms with Crippen molar-refractivity contribution in [1.82, 2.24) is 10.2 Å². The smallest absolute Gasteiger partial charge is 0.0826 e. The van der Waals surface area contributed by atoms with E-state index in [2.05, 4.69) is 55.4 Å². The molecule has 0 bridgehead atoms. The van der Waals surface area contributed by atoms with E-state index in [4.69, 9.17) is 4.74 Å². The van der Waals surface area contributed by atoms with Crippen LogP contribution >= 0.6 is 0 Å². The fourth-order valence-corrected chi connectivity index (χ4v) is 2.63. The monoisotopic (exact) mass is 276 g/mol. The van der Waals surface area contributed by atoms with E-state index in [0.717, 1.165) is 45.1 Å². The molecular weight excluding hydrogens is 248 g/mol. The molecular formula is C17H28N2O. The third kappa shape index (κ3) is 5.23. The zero-order chi connectivity index (χ0) is 14.4. The van der Waals surface area contributed by atoms with Crippen LogP contribution in [-0.4, -0.2) is 44.3 Å². The maximum Gasteiger partial charge on any atom is 0.0826 e. The van der Waals surface area contributed by atoms with Crippen LogP contribution in [0.3, 0.4) is 0 Å². The van der Waals surface area contributed by atoms with E-state index in [1.807, 2.05) is 0 Å². The van der Waals surface area contributed by atoms with Crippen molar-refractivity contribution in [2.75, 3.05) is 33.3 Å². The lowest BCUT2D eigenvalue weighted by atomic mass is 10.0. The summed E-state index contributed by atoms with van der Waals surface area (Å²) in [6.45, 7) is 9.30. The molecule has 0 radical (unpaired) electrons. The molecule has 20 heavy (non-hydrogen) atoms. The maximum atomic E-state index is 5.74. The number of ether oxygens (including phenoxy) is 1. The maximum absolute atomic E-state index is 5.74. The number of hydrogen-bond donors (Lipinski definition) is 1. The van der Waals surface area contributed by atoms with Crippen molar-refractivity contribution < 1.29 is 4.74 Å². The van der Waals surface area contributed by atoms with Crippen LogP contribution in [0.2, 0.25) is 0 Å². The Hall–Kier alpha value is -0.900. The van der Waals surface area contributed by atoms with Crippen LogP contribution in [0.15, 0.2) is 24.3 Å². The summed E-state index contributed by atoms with van der Waals surface area (Å²) in [7, 11) is 2.16. The van der Waals surface area contributed by atoms with E-state index in [0.29, 0.717) is 6.10 Å². The third-order valence-electron chi connectivity index (χ3n) is 3.71. The van der Waals surface area contributed by atoms with Crippen molar-refractivity contribution in [1.29, 1.82) is 0 Å². The van der Waals surface area contributed by atoms with Crippen LogP contribution in [0.5, 0.6) is 0 Å². The molecule has 0 aliphatic carbocycles. The molecule has 1 N–H and O–H groups in total. The molecule has 0 aromatic heterocycles. The summed E-state index contributed by atoms with van der Waals surface area (Å²) < 4.78 is 5.74. The number of morpholine rings is 1. The minimum absolute atomic E-state index is 0.328. The second-order valence-electron chi connectivity index (χ2n) is 6.30. The molecule has 1 aromatic carbocycles. The number of nitrogens with one attached hydrogen (secondary N) is 1. The van der Waals surface area contributed by atoms with Crippen LogP contribution in [-0.2, 0) is 17.7 Å². The van der Waals surface area contributed by atoms with Crippen LogP contribution < -0.4 is 5.32 Å². The van der Waals surface area contributed by atoms with Crippen molar-refractivity contribution >= 4 is 0 Å². The SMILES string of the molecule is CC(C)Cc1ccc(CNCC2CN(C)CCO2)cc1. The van der Waals surface area contributed by atoms with Crippen molar-refractivity contribution in [3.05, 3.63) is 35.4 Å². The van der Waals surface area contributed by atoms with Gasteiger partial charge in [0.05, 0.1) is 12.7 Å². The van der Waals surface area contributed by atoms with Gasteiger partial charge in [0.15, 0.2) is 0 Å². The fourth-order valence-electron chi connectivity index (χ4n) is 2.63. The van der Waals surface area contributed by atoms with Crippen LogP contribution in [0.4, 0.5) is 0 Å². The first-order valence-corrected chi connectivity index (χ1v) is 7.72. The van der Waals surface area contributed by atoms with Gasteiger partial charge in [0.2, 0.25) is 0 Å². The first-order chi connectivity index (χ1) is 9.63. The average molecular weight is 276 g/mol. The number of nitrogens with zero attached hydrogens (tertiary/aromatic N) is 1. The molecule has 1 aliphatic heterocycles. The minimum atomic E-state index is 0.328. The molecule has 1 saturated heterocycles. The van der Waals surface area contributed by atoms with Gasteiger partial charge < -0.3 is 15.0 Å². The number of benzene rings is 1. The summed E-state index contributed by atoms with van der Waals surface area (Å²) in [4.78, 5) is 2.33. The van der Waals surface area contributed by atoms with Gasteiger partial charge in [-0.1, -0.05) is 38.1 Å². The zero-order valence-electron chi connectivity index (χ0n) is 13.1. The summed E-state index contributed by atoms with van der Waals surface area (Å²) in [5.41, 5.74) is 2.78. The highest BCUT2D eigenvalue weighted by Crippen LogP contribution is 2.10. The van der Waals surface area contributed by atoms with E-state index < -0.39 is 0 Å². The zero-order valence-corrected chi connectivity index (χ0v) is 13.1. The van der Waals surface area contributed by atoms with Crippen molar-refractivity contribution in [3.8, 4) is 0 Å². The molecule has 3 heteroatoms. The normalized spacial score (nSPS) is 20.5. The molecule has 2 rings (SSSR count). The van der Waals surface area contributed by atoms with Gasteiger partial charge in [-0.2, -0.15) is 0 Å². The van der Waals surface area contributed by atoms with Gasteiger partial charge >= 0.3 is 0 Å². The molecule has 0 saturated carbocycles. The highest BCUT2D eigenvalue weighted by atomic mass is 16.5. The van der Waals surface area contributed by atoms with Crippen molar-refractivity contribution in [2.45, 2.75) is 32.9 Å².